The molecule has 7 nitrogen and oxygen atoms in total. The third kappa shape index (κ3) is 7.57. The molecule has 144 valence electrons. The molecule has 0 heterocycles. The van der Waals surface area contributed by atoms with Gasteiger partial charge in [-0.15, -0.1) is 0 Å². The molecule has 0 saturated heterocycles. The summed E-state index contributed by atoms with van der Waals surface area (Å²) in [5.74, 6) is -1.04. The molecule has 7 heteroatoms. The van der Waals surface area contributed by atoms with Gasteiger partial charge >= 0.3 is 11.9 Å². The summed E-state index contributed by atoms with van der Waals surface area (Å²) in [7, 11) is 0. The lowest BCUT2D eigenvalue weighted by molar-refractivity contribution is -0.146. The second-order valence-corrected chi connectivity index (χ2v) is 6.06. The number of esters is 2. The predicted octanol–water partition coefficient (Wildman–Crippen LogP) is 0.717. The second kappa shape index (κ2) is 11.1. The van der Waals surface area contributed by atoms with E-state index in [0.717, 1.165) is 11.1 Å². The van der Waals surface area contributed by atoms with E-state index in [1.54, 1.807) is 0 Å². The van der Waals surface area contributed by atoms with Crippen LogP contribution in [0.2, 0.25) is 0 Å². The van der Waals surface area contributed by atoms with Gasteiger partial charge in [-0.2, -0.15) is 0 Å². The Labute approximate surface area is 158 Å². The van der Waals surface area contributed by atoms with Gasteiger partial charge in [-0.3, -0.25) is 9.59 Å². The Morgan fingerprint density at radius 2 is 1.11 bits per heavy atom. The minimum absolute atomic E-state index is 0.146. The summed E-state index contributed by atoms with van der Waals surface area (Å²) >= 11 is 0. The standard InChI is InChI=1S/C20H25N3O4/c21-17(19(24)26-13-15-7-3-1-4-8-15)11-23-12-18(22)20(25)27-14-16-9-5-2-6-10-16/h1-10,17-18,23H,11-14,21-22H2. The fourth-order valence-corrected chi connectivity index (χ4v) is 2.23. The summed E-state index contributed by atoms with van der Waals surface area (Å²) in [6.07, 6.45) is 0. The molecule has 0 aliphatic carbocycles. The van der Waals surface area contributed by atoms with E-state index in [4.69, 9.17) is 20.9 Å². The molecule has 2 atom stereocenters. The van der Waals surface area contributed by atoms with Crippen molar-refractivity contribution in [2.75, 3.05) is 13.1 Å². The van der Waals surface area contributed by atoms with Gasteiger partial charge in [0.25, 0.3) is 0 Å². The van der Waals surface area contributed by atoms with E-state index in [9.17, 15) is 9.59 Å². The maximum absolute atomic E-state index is 11.9. The fourth-order valence-electron chi connectivity index (χ4n) is 2.23. The van der Waals surface area contributed by atoms with Crippen LogP contribution in [0.15, 0.2) is 60.7 Å². The molecule has 0 aromatic heterocycles. The van der Waals surface area contributed by atoms with Crippen molar-refractivity contribution in [3.8, 4) is 0 Å². The van der Waals surface area contributed by atoms with E-state index in [2.05, 4.69) is 5.32 Å². The first-order valence-electron chi connectivity index (χ1n) is 8.69. The lowest BCUT2D eigenvalue weighted by Crippen LogP contribution is -2.47. The molecule has 2 rings (SSSR count). The summed E-state index contributed by atoms with van der Waals surface area (Å²) in [6.45, 7) is 0.623. The first-order chi connectivity index (χ1) is 13.1. The Hall–Kier alpha value is -2.74. The smallest absolute Gasteiger partial charge is 0.324 e. The Balaban J connectivity index is 1.62. The summed E-state index contributed by atoms with van der Waals surface area (Å²) in [5.41, 5.74) is 13.3. The zero-order valence-corrected chi connectivity index (χ0v) is 15.0. The van der Waals surface area contributed by atoms with Crippen molar-refractivity contribution in [1.82, 2.24) is 5.32 Å². The molecular formula is C20H25N3O4. The van der Waals surface area contributed by atoms with Crippen LogP contribution in [0.5, 0.6) is 0 Å². The minimum atomic E-state index is -0.846. The van der Waals surface area contributed by atoms with Gasteiger partial charge in [-0.05, 0) is 11.1 Å². The minimum Gasteiger partial charge on any atom is -0.460 e. The van der Waals surface area contributed by atoms with Crippen LogP contribution in [-0.4, -0.2) is 37.1 Å². The number of carbonyl (C=O) groups excluding carboxylic acids is 2. The van der Waals surface area contributed by atoms with E-state index >= 15 is 0 Å². The molecule has 0 spiro atoms. The van der Waals surface area contributed by atoms with Gasteiger partial charge in [-0.25, -0.2) is 0 Å². The lowest BCUT2D eigenvalue weighted by Gasteiger charge is -2.15. The maximum Gasteiger partial charge on any atom is 0.324 e. The number of rotatable bonds is 10. The second-order valence-electron chi connectivity index (χ2n) is 6.06. The number of benzene rings is 2. The zero-order valence-electron chi connectivity index (χ0n) is 15.0. The molecule has 0 radical (unpaired) electrons. The van der Waals surface area contributed by atoms with Crippen molar-refractivity contribution in [2.24, 2.45) is 11.5 Å². The van der Waals surface area contributed by atoms with Gasteiger partial charge in [-0.1, -0.05) is 60.7 Å². The topological polar surface area (TPSA) is 117 Å². The molecule has 0 fully saturated rings. The number of nitrogens with two attached hydrogens (primary N) is 2. The number of ether oxygens (including phenoxy) is 2. The van der Waals surface area contributed by atoms with Crippen molar-refractivity contribution < 1.29 is 19.1 Å². The highest BCUT2D eigenvalue weighted by molar-refractivity contribution is 5.76. The van der Waals surface area contributed by atoms with Crippen molar-refractivity contribution in [2.45, 2.75) is 25.3 Å². The lowest BCUT2D eigenvalue weighted by atomic mass is 10.2. The number of carbonyl (C=O) groups is 2. The van der Waals surface area contributed by atoms with E-state index in [0.29, 0.717) is 0 Å². The highest BCUT2D eigenvalue weighted by Crippen LogP contribution is 2.02. The molecule has 0 saturated carbocycles. The van der Waals surface area contributed by atoms with Crippen molar-refractivity contribution in [3.63, 3.8) is 0 Å². The Kier molecular flexibility index (Phi) is 8.44. The third-order valence-corrected chi connectivity index (χ3v) is 3.78. The molecule has 0 aliphatic rings. The Morgan fingerprint density at radius 1 is 0.741 bits per heavy atom. The van der Waals surface area contributed by atoms with Crippen LogP contribution in [0.4, 0.5) is 0 Å². The Bertz CT molecular complexity index is 648. The van der Waals surface area contributed by atoms with Crippen LogP contribution in [0.1, 0.15) is 11.1 Å². The summed E-state index contributed by atoms with van der Waals surface area (Å²) in [6, 6.07) is 17.0. The monoisotopic (exact) mass is 371 g/mol. The van der Waals surface area contributed by atoms with Crippen LogP contribution in [0.3, 0.4) is 0 Å². The molecule has 27 heavy (non-hydrogen) atoms. The van der Waals surface area contributed by atoms with Gasteiger partial charge < -0.3 is 26.3 Å². The number of hydrogen-bond acceptors (Lipinski definition) is 7. The van der Waals surface area contributed by atoms with E-state index < -0.39 is 24.0 Å². The fraction of sp³-hybridized carbons (Fsp3) is 0.300. The van der Waals surface area contributed by atoms with Gasteiger partial charge in [0.05, 0.1) is 0 Å². The van der Waals surface area contributed by atoms with Crippen LogP contribution in [-0.2, 0) is 32.3 Å². The summed E-state index contributed by atoms with van der Waals surface area (Å²) in [5, 5.41) is 2.89. The molecular weight excluding hydrogens is 346 g/mol. The van der Waals surface area contributed by atoms with Gasteiger partial charge in [0.15, 0.2) is 0 Å². The molecule has 5 N–H and O–H groups in total. The highest BCUT2D eigenvalue weighted by atomic mass is 16.5. The van der Waals surface area contributed by atoms with Crippen LogP contribution in [0.25, 0.3) is 0 Å². The summed E-state index contributed by atoms with van der Waals surface area (Å²) < 4.78 is 10.3. The zero-order chi connectivity index (χ0) is 19.5. The van der Waals surface area contributed by atoms with E-state index in [1.165, 1.54) is 0 Å². The molecule has 2 aromatic rings. The van der Waals surface area contributed by atoms with Gasteiger partial charge in [0, 0.05) is 13.1 Å². The average molecular weight is 371 g/mol. The number of hydrogen-bond donors (Lipinski definition) is 3. The SMILES string of the molecule is NC(CNCC(N)C(=O)OCc1ccccc1)C(=O)OCc1ccccc1. The molecule has 2 unspecified atom stereocenters. The first-order valence-corrected chi connectivity index (χ1v) is 8.69. The van der Waals surface area contributed by atoms with Crippen molar-refractivity contribution >= 4 is 11.9 Å². The van der Waals surface area contributed by atoms with Crippen LogP contribution >= 0.6 is 0 Å². The largest absolute Gasteiger partial charge is 0.460 e. The number of nitrogens with one attached hydrogen (secondary N) is 1. The molecule has 0 aliphatic heterocycles. The quantitative estimate of drug-likeness (QED) is 0.527. The molecule has 0 bridgehead atoms. The highest BCUT2D eigenvalue weighted by Gasteiger charge is 2.18. The van der Waals surface area contributed by atoms with Crippen LogP contribution in [0, 0.1) is 0 Å². The average Bonchev–Trinajstić information content (AvgIpc) is 2.71. The summed E-state index contributed by atoms with van der Waals surface area (Å²) in [4.78, 5) is 23.8. The van der Waals surface area contributed by atoms with Gasteiger partial charge in [0.1, 0.15) is 25.3 Å². The van der Waals surface area contributed by atoms with E-state index in [1.807, 2.05) is 60.7 Å². The van der Waals surface area contributed by atoms with Crippen molar-refractivity contribution in [3.05, 3.63) is 71.8 Å². The maximum atomic E-state index is 11.9. The molecule has 2 aromatic carbocycles. The predicted molar refractivity (Wildman–Crippen MR) is 101 cm³/mol. The third-order valence-electron chi connectivity index (χ3n) is 3.78. The Morgan fingerprint density at radius 3 is 1.48 bits per heavy atom. The van der Waals surface area contributed by atoms with Gasteiger partial charge in [0.2, 0.25) is 0 Å². The molecule has 0 amide bonds. The normalized spacial score (nSPS) is 12.8. The first kappa shape index (κ1) is 20.6. The van der Waals surface area contributed by atoms with E-state index in [-0.39, 0.29) is 26.3 Å². The van der Waals surface area contributed by atoms with Crippen molar-refractivity contribution in [1.29, 1.82) is 0 Å². The van der Waals surface area contributed by atoms with Crippen LogP contribution < -0.4 is 16.8 Å².